The number of hydrogen-bond donors (Lipinski definition) is 1. The molecule has 1 aliphatic heterocycles. The monoisotopic (exact) mass is 365 g/mol. The normalized spacial score (nSPS) is 15.2. The fourth-order valence-corrected chi connectivity index (χ4v) is 3.59. The van der Waals surface area contributed by atoms with Gasteiger partial charge in [-0.2, -0.15) is 0 Å². The predicted octanol–water partition coefficient (Wildman–Crippen LogP) is 4.78. The Bertz CT molecular complexity index is 775. The summed E-state index contributed by atoms with van der Waals surface area (Å²) in [5.41, 5.74) is 5.91. The molecule has 0 atom stereocenters. The van der Waals surface area contributed by atoms with Crippen molar-refractivity contribution in [1.82, 2.24) is 9.80 Å². The van der Waals surface area contributed by atoms with E-state index in [2.05, 4.69) is 80.4 Å². The van der Waals surface area contributed by atoms with Crippen molar-refractivity contribution in [3.63, 3.8) is 0 Å². The highest BCUT2D eigenvalue weighted by Gasteiger charge is 2.22. The summed E-state index contributed by atoms with van der Waals surface area (Å²) in [4.78, 5) is 17.1. The van der Waals surface area contributed by atoms with Crippen molar-refractivity contribution in [2.75, 3.05) is 31.5 Å². The molecule has 3 rings (SSSR count). The van der Waals surface area contributed by atoms with Crippen LogP contribution in [0.25, 0.3) is 0 Å². The molecule has 0 radical (unpaired) electrons. The van der Waals surface area contributed by atoms with Crippen LogP contribution in [0.2, 0.25) is 0 Å². The standard InChI is InChI=1S/C23H31N3O/c1-17(2)21-7-5-6-19(4)22(21)24-23(27)26-14-12-25(13-15-26)16-20-10-8-18(3)9-11-20/h5-11,17H,12-16H2,1-4H3,(H,24,27). The number of rotatable bonds is 4. The average Bonchev–Trinajstić information content (AvgIpc) is 2.65. The van der Waals surface area contributed by atoms with Gasteiger partial charge in [0.05, 0.1) is 0 Å². The molecule has 27 heavy (non-hydrogen) atoms. The third-order valence-electron chi connectivity index (χ3n) is 5.35. The first-order valence-corrected chi connectivity index (χ1v) is 9.87. The number of aryl methyl sites for hydroxylation is 2. The van der Waals surface area contributed by atoms with Gasteiger partial charge in [-0.25, -0.2) is 4.79 Å². The summed E-state index contributed by atoms with van der Waals surface area (Å²) in [6.07, 6.45) is 0. The first kappa shape index (κ1) is 19.4. The highest BCUT2D eigenvalue weighted by atomic mass is 16.2. The summed E-state index contributed by atoms with van der Waals surface area (Å²) < 4.78 is 0. The van der Waals surface area contributed by atoms with Crippen LogP contribution < -0.4 is 5.32 Å². The SMILES string of the molecule is Cc1ccc(CN2CCN(C(=O)Nc3c(C)cccc3C(C)C)CC2)cc1. The van der Waals surface area contributed by atoms with Gasteiger partial charge in [-0.05, 0) is 36.5 Å². The fraction of sp³-hybridized carbons (Fsp3) is 0.435. The van der Waals surface area contributed by atoms with Crippen LogP contribution in [0.1, 0.15) is 42.0 Å². The van der Waals surface area contributed by atoms with Gasteiger partial charge in [-0.1, -0.05) is 61.9 Å². The van der Waals surface area contributed by atoms with Gasteiger partial charge in [-0.3, -0.25) is 4.90 Å². The topological polar surface area (TPSA) is 35.6 Å². The van der Waals surface area contributed by atoms with Crippen molar-refractivity contribution in [3.8, 4) is 0 Å². The number of carbonyl (C=O) groups is 1. The molecule has 2 aromatic rings. The van der Waals surface area contributed by atoms with Crippen LogP contribution in [0.15, 0.2) is 42.5 Å². The van der Waals surface area contributed by atoms with E-state index in [1.54, 1.807) is 0 Å². The lowest BCUT2D eigenvalue weighted by Gasteiger charge is -2.35. The Hall–Kier alpha value is -2.33. The molecular formula is C23H31N3O. The number of benzene rings is 2. The smallest absolute Gasteiger partial charge is 0.321 e. The van der Waals surface area contributed by atoms with Crippen LogP contribution in [0.4, 0.5) is 10.5 Å². The molecule has 0 saturated carbocycles. The van der Waals surface area contributed by atoms with Gasteiger partial charge >= 0.3 is 6.03 Å². The number of para-hydroxylation sites is 1. The van der Waals surface area contributed by atoms with Crippen LogP contribution in [-0.2, 0) is 6.54 Å². The second-order valence-electron chi connectivity index (χ2n) is 7.87. The van der Waals surface area contributed by atoms with E-state index in [-0.39, 0.29) is 6.03 Å². The lowest BCUT2D eigenvalue weighted by atomic mass is 9.98. The van der Waals surface area contributed by atoms with Gasteiger partial charge in [0, 0.05) is 38.4 Å². The predicted molar refractivity (Wildman–Crippen MR) is 112 cm³/mol. The number of hydrogen-bond acceptors (Lipinski definition) is 2. The fourth-order valence-electron chi connectivity index (χ4n) is 3.59. The molecule has 4 heteroatoms. The molecule has 0 aromatic heterocycles. The van der Waals surface area contributed by atoms with Gasteiger partial charge in [0.1, 0.15) is 0 Å². The summed E-state index contributed by atoms with van der Waals surface area (Å²) in [6.45, 7) is 12.8. The Balaban J connectivity index is 1.57. The van der Waals surface area contributed by atoms with E-state index in [9.17, 15) is 4.79 Å². The summed E-state index contributed by atoms with van der Waals surface area (Å²) in [5.74, 6) is 0.381. The summed E-state index contributed by atoms with van der Waals surface area (Å²) >= 11 is 0. The van der Waals surface area contributed by atoms with E-state index >= 15 is 0 Å². The van der Waals surface area contributed by atoms with Gasteiger partial charge in [-0.15, -0.1) is 0 Å². The molecule has 0 bridgehead atoms. The maximum Gasteiger partial charge on any atom is 0.321 e. The highest BCUT2D eigenvalue weighted by molar-refractivity contribution is 5.91. The lowest BCUT2D eigenvalue weighted by Crippen LogP contribution is -2.49. The van der Waals surface area contributed by atoms with Crippen LogP contribution >= 0.6 is 0 Å². The Morgan fingerprint density at radius 1 is 1.00 bits per heavy atom. The van der Waals surface area contributed by atoms with Crippen molar-refractivity contribution < 1.29 is 4.79 Å². The molecule has 4 nitrogen and oxygen atoms in total. The first-order chi connectivity index (χ1) is 12.9. The van der Waals surface area contributed by atoms with Gasteiger partial charge < -0.3 is 10.2 Å². The number of nitrogens with zero attached hydrogens (tertiary/aromatic N) is 2. The molecule has 1 aliphatic rings. The zero-order valence-corrected chi connectivity index (χ0v) is 17.0. The van der Waals surface area contributed by atoms with Crippen molar-refractivity contribution in [2.45, 2.75) is 40.2 Å². The maximum absolute atomic E-state index is 12.8. The Kier molecular flexibility index (Phi) is 6.17. The molecule has 0 unspecified atom stereocenters. The zero-order chi connectivity index (χ0) is 19.4. The van der Waals surface area contributed by atoms with Crippen molar-refractivity contribution in [3.05, 3.63) is 64.7 Å². The van der Waals surface area contributed by atoms with E-state index in [1.165, 1.54) is 16.7 Å². The van der Waals surface area contributed by atoms with E-state index in [0.717, 1.165) is 44.0 Å². The molecule has 0 spiro atoms. The quantitative estimate of drug-likeness (QED) is 0.846. The molecule has 144 valence electrons. The van der Waals surface area contributed by atoms with Crippen molar-refractivity contribution >= 4 is 11.7 Å². The minimum Gasteiger partial charge on any atom is -0.322 e. The minimum absolute atomic E-state index is 0.0150. The van der Waals surface area contributed by atoms with Crippen molar-refractivity contribution in [1.29, 1.82) is 0 Å². The number of piperazine rings is 1. The summed E-state index contributed by atoms with van der Waals surface area (Å²) in [6, 6.07) is 14.9. The minimum atomic E-state index is 0.0150. The first-order valence-electron chi connectivity index (χ1n) is 9.87. The van der Waals surface area contributed by atoms with E-state index in [0.29, 0.717) is 5.92 Å². The second kappa shape index (κ2) is 8.57. The second-order valence-corrected chi connectivity index (χ2v) is 7.87. The number of amides is 2. The Morgan fingerprint density at radius 2 is 1.67 bits per heavy atom. The largest absolute Gasteiger partial charge is 0.322 e. The van der Waals surface area contributed by atoms with Crippen molar-refractivity contribution in [2.24, 2.45) is 0 Å². The molecule has 0 aliphatic carbocycles. The summed E-state index contributed by atoms with van der Waals surface area (Å²) in [7, 11) is 0. The lowest BCUT2D eigenvalue weighted by molar-refractivity contribution is 0.143. The third-order valence-corrected chi connectivity index (χ3v) is 5.35. The molecule has 1 fully saturated rings. The van der Waals surface area contributed by atoms with E-state index in [1.807, 2.05) is 4.90 Å². The molecule has 2 aromatic carbocycles. The molecule has 1 N–H and O–H groups in total. The van der Waals surface area contributed by atoms with Crippen LogP contribution in [0, 0.1) is 13.8 Å². The number of anilines is 1. The van der Waals surface area contributed by atoms with Gasteiger partial charge in [0.2, 0.25) is 0 Å². The average molecular weight is 366 g/mol. The molecule has 1 saturated heterocycles. The Morgan fingerprint density at radius 3 is 2.30 bits per heavy atom. The highest BCUT2D eigenvalue weighted by Crippen LogP contribution is 2.27. The number of carbonyl (C=O) groups excluding carboxylic acids is 1. The molecule has 2 amide bonds. The number of urea groups is 1. The molecule has 1 heterocycles. The Labute approximate surface area is 163 Å². The molecular weight excluding hydrogens is 334 g/mol. The van der Waals surface area contributed by atoms with Crippen LogP contribution in [-0.4, -0.2) is 42.0 Å². The number of nitrogens with one attached hydrogen (secondary N) is 1. The maximum atomic E-state index is 12.8. The summed E-state index contributed by atoms with van der Waals surface area (Å²) in [5, 5.41) is 3.17. The van der Waals surface area contributed by atoms with E-state index in [4.69, 9.17) is 0 Å². The van der Waals surface area contributed by atoms with Gasteiger partial charge in [0.25, 0.3) is 0 Å². The zero-order valence-electron chi connectivity index (χ0n) is 17.0. The van der Waals surface area contributed by atoms with Crippen LogP contribution in [0.5, 0.6) is 0 Å². The van der Waals surface area contributed by atoms with Crippen LogP contribution in [0.3, 0.4) is 0 Å². The van der Waals surface area contributed by atoms with Gasteiger partial charge in [0.15, 0.2) is 0 Å². The third kappa shape index (κ3) is 4.89. The van der Waals surface area contributed by atoms with E-state index < -0.39 is 0 Å².